The zero-order valence-corrected chi connectivity index (χ0v) is 12.6. The Kier molecular flexibility index (Phi) is 3.79. The third-order valence-corrected chi connectivity index (χ3v) is 4.08. The van der Waals surface area contributed by atoms with E-state index < -0.39 is 0 Å². The molecule has 0 aliphatic carbocycles. The molecule has 0 fully saturated rings. The summed E-state index contributed by atoms with van der Waals surface area (Å²) in [5.74, 6) is 0. The van der Waals surface area contributed by atoms with Gasteiger partial charge in [-0.3, -0.25) is 0 Å². The number of anilines is 1. The van der Waals surface area contributed by atoms with Crippen molar-refractivity contribution in [1.82, 2.24) is 0 Å². The number of hydrogen-bond donors (Lipinski definition) is 1. The summed E-state index contributed by atoms with van der Waals surface area (Å²) in [6.45, 7) is 0.592. The number of para-hydroxylation sites is 1. The molecule has 2 nitrogen and oxygen atoms in total. The van der Waals surface area contributed by atoms with Gasteiger partial charge < -0.3 is 9.73 Å². The van der Waals surface area contributed by atoms with Gasteiger partial charge in [0.05, 0.1) is 27.0 Å². The number of hydrogen-bond acceptors (Lipinski definition) is 2. The van der Waals surface area contributed by atoms with Gasteiger partial charge in [0.15, 0.2) is 0 Å². The van der Waals surface area contributed by atoms with E-state index in [9.17, 15) is 0 Å². The van der Waals surface area contributed by atoms with Crippen molar-refractivity contribution in [2.24, 2.45) is 0 Å². The summed E-state index contributed by atoms with van der Waals surface area (Å²) in [5.41, 5.74) is 2.67. The van der Waals surface area contributed by atoms with Crippen molar-refractivity contribution in [2.75, 3.05) is 5.32 Å². The number of benzene rings is 2. The van der Waals surface area contributed by atoms with E-state index in [4.69, 9.17) is 39.2 Å². The second kappa shape index (κ2) is 5.57. The van der Waals surface area contributed by atoms with Gasteiger partial charge in [0.1, 0.15) is 5.58 Å². The van der Waals surface area contributed by atoms with Gasteiger partial charge in [0.25, 0.3) is 0 Å². The van der Waals surface area contributed by atoms with Gasteiger partial charge in [-0.25, -0.2) is 0 Å². The summed E-state index contributed by atoms with van der Waals surface area (Å²) >= 11 is 18.0. The summed E-state index contributed by atoms with van der Waals surface area (Å²) in [6.07, 6.45) is 1.74. The highest BCUT2D eigenvalue weighted by Crippen LogP contribution is 2.33. The van der Waals surface area contributed by atoms with Crippen LogP contribution in [0.25, 0.3) is 11.0 Å². The molecule has 0 bridgehead atoms. The van der Waals surface area contributed by atoms with Crippen molar-refractivity contribution in [2.45, 2.75) is 6.54 Å². The van der Waals surface area contributed by atoms with Gasteiger partial charge in [0, 0.05) is 17.5 Å². The van der Waals surface area contributed by atoms with Gasteiger partial charge in [-0.2, -0.15) is 0 Å². The van der Waals surface area contributed by atoms with Gasteiger partial charge in [-0.05, 0) is 18.2 Å². The summed E-state index contributed by atoms with van der Waals surface area (Å²) in [5, 5.41) is 5.76. The Morgan fingerprint density at radius 1 is 0.950 bits per heavy atom. The minimum Gasteiger partial charge on any atom is -0.464 e. The molecule has 0 radical (unpaired) electrons. The van der Waals surface area contributed by atoms with Gasteiger partial charge in [-0.15, -0.1) is 0 Å². The number of halogens is 3. The van der Waals surface area contributed by atoms with E-state index in [1.54, 1.807) is 18.4 Å². The molecule has 5 heteroatoms. The Hall–Kier alpha value is -1.35. The number of rotatable bonds is 3. The van der Waals surface area contributed by atoms with Crippen LogP contribution in [0.4, 0.5) is 5.69 Å². The average Bonchev–Trinajstić information content (AvgIpc) is 2.85. The van der Waals surface area contributed by atoms with Crippen molar-refractivity contribution < 1.29 is 4.42 Å². The maximum absolute atomic E-state index is 6.13. The van der Waals surface area contributed by atoms with E-state index in [1.807, 2.05) is 24.3 Å². The van der Waals surface area contributed by atoms with E-state index in [0.29, 0.717) is 21.6 Å². The molecule has 0 saturated carbocycles. The first-order valence-corrected chi connectivity index (χ1v) is 7.12. The van der Waals surface area contributed by atoms with Crippen LogP contribution in [0.5, 0.6) is 0 Å². The van der Waals surface area contributed by atoms with E-state index in [0.717, 1.165) is 22.2 Å². The van der Waals surface area contributed by atoms with Crippen LogP contribution in [0.15, 0.2) is 47.1 Å². The average molecular weight is 327 g/mol. The Balaban J connectivity index is 1.85. The predicted molar refractivity (Wildman–Crippen MR) is 85.0 cm³/mol. The normalized spacial score (nSPS) is 10.9. The Morgan fingerprint density at radius 2 is 1.70 bits per heavy atom. The van der Waals surface area contributed by atoms with E-state index in [-0.39, 0.29) is 0 Å². The van der Waals surface area contributed by atoms with Crippen LogP contribution in [0.1, 0.15) is 5.56 Å². The standard InChI is InChI=1S/C15H10Cl3NO/c16-11-5-13(18)14(6-12(11)17)19-7-9-8-20-15-4-2-1-3-10(9)15/h1-6,8,19H,7H2. The largest absolute Gasteiger partial charge is 0.464 e. The first-order chi connectivity index (χ1) is 9.65. The molecule has 1 heterocycles. The molecule has 102 valence electrons. The van der Waals surface area contributed by atoms with Crippen LogP contribution in [0.3, 0.4) is 0 Å². The van der Waals surface area contributed by atoms with Crippen LogP contribution >= 0.6 is 34.8 Å². The maximum atomic E-state index is 6.13. The van der Waals surface area contributed by atoms with Crippen molar-refractivity contribution in [3.8, 4) is 0 Å². The molecule has 1 aromatic heterocycles. The molecule has 0 aliphatic heterocycles. The highest BCUT2D eigenvalue weighted by Gasteiger charge is 2.08. The molecule has 3 aromatic rings. The van der Waals surface area contributed by atoms with Crippen LogP contribution in [-0.4, -0.2) is 0 Å². The highest BCUT2D eigenvalue weighted by molar-refractivity contribution is 6.44. The predicted octanol–water partition coefficient (Wildman–Crippen LogP) is 6.01. The summed E-state index contributed by atoms with van der Waals surface area (Å²) in [7, 11) is 0. The van der Waals surface area contributed by atoms with Gasteiger partial charge >= 0.3 is 0 Å². The zero-order chi connectivity index (χ0) is 14.1. The highest BCUT2D eigenvalue weighted by atomic mass is 35.5. The molecular formula is C15H10Cl3NO. The molecular weight excluding hydrogens is 317 g/mol. The second-order valence-corrected chi connectivity index (χ2v) is 5.58. The molecule has 2 aromatic carbocycles. The quantitative estimate of drug-likeness (QED) is 0.597. The van der Waals surface area contributed by atoms with E-state index in [2.05, 4.69) is 5.32 Å². The third-order valence-electron chi connectivity index (χ3n) is 3.04. The minimum atomic E-state index is 0.441. The molecule has 20 heavy (non-hydrogen) atoms. The lowest BCUT2D eigenvalue weighted by molar-refractivity contribution is 0.611. The summed E-state index contributed by atoms with van der Waals surface area (Å²) in [6, 6.07) is 11.2. The van der Waals surface area contributed by atoms with Crippen LogP contribution in [0.2, 0.25) is 15.1 Å². The Morgan fingerprint density at radius 3 is 2.55 bits per heavy atom. The number of nitrogens with one attached hydrogen (secondary N) is 1. The van der Waals surface area contributed by atoms with Crippen LogP contribution in [-0.2, 0) is 6.54 Å². The first kappa shape index (κ1) is 13.6. The molecule has 0 spiro atoms. The van der Waals surface area contributed by atoms with Crippen LogP contribution in [0, 0.1) is 0 Å². The molecule has 0 unspecified atom stereocenters. The topological polar surface area (TPSA) is 25.2 Å². The lowest BCUT2D eigenvalue weighted by Gasteiger charge is -2.09. The van der Waals surface area contributed by atoms with E-state index >= 15 is 0 Å². The molecule has 0 aliphatic rings. The molecule has 0 amide bonds. The molecule has 0 saturated heterocycles. The second-order valence-electron chi connectivity index (χ2n) is 4.36. The minimum absolute atomic E-state index is 0.441. The van der Waals surface area contributed by atoms with E-state index in [1.165, 1.54) is 0 Å². The van der Waals surface area contributed by atoms with Gasteiger partial charge in [0.2, 0.25) is 0 Å². The number of furan rings is 1. The molecule has 0 atom stereocenters. The molecule has 1 N–H and O–H groups in total. The third kappa shape index (κ3) is 2.59. The van der Waals surface area contributed by atoms with Crippen LogP contribution < -0.4 is 5.32 Å². The fourth-order valence-electron chi connectivity index (χ4n) is 2.02. The molecule has 3 rings (SSSR count). The Labute approximate surface area is 131 Å². The smallest absolute Gasteiger partial charge is 0.134 e. The maximum Gasteiger partial charge on any atom is 0.134 e. The zero-order valence-electron chi connectivity index (χ0n) is 10.3. The SMILES string of the molecule is Clc1cc(Cl)c(NCc2coc3ccccc23)cc1Cl. The summed E-state index contributed by atoms with van der Waals surface area (Å²) < 4.78 is 5.49. The first-order valence-electron chi connectivity index (χ1n) is 5.98. The van der Waals surface area contributed by atoms with Crippen molar-refractivity contribution >= 4 is 51.5 Å². The van der Waals surface area contributed by atoms with Crippen molar-refractivity contribution in [1.29, 1.82) is 0 Å². The Bertz CT molecular complexity index is 767. The number of fused-ring (bicyclic) bond motifs is 1. The summed E-state index contributed by atoms with van der Waals surface area (Å²) in [4.78, 5) is 0. The monoisotopic (exact) mass is 325 g/mol. The van der Waals surface area contributed by atoms with Crippen molar-refractivity contribution in [3.05, 3.63) is 63.3 Å². The fraction of sp³-hybridized carbons (Fsp3) is 0.0667. The lowest BCUT2D eigenvalue weighted by Crippen LogP contribution is -1.99. The van der Waals surface area contributed by atoms with Crippen molar-refractivity contribution in [3.63, 3.8) is 0 Å². The van der Waals surface area contributed by atoms with Gasteiger partial charge in [-0.1, -0.05) is 53.0 Å². The fourth-order valence-corrected chi connectivity index (χ4v) is 2.63. The lowest BCUT2D eigenvalue weighted by atomic mass is 10.2.